The van der Waals surface area contributed by atoms with Crippen molar-refractivity contribution in [1.82, 2.24) is 15.2 Å². The quantitative estimate of drug-likeness (QED) is 0.740. The average molecular weight is 396 g/mol. The molecule has 8 heteroatoms. The van der Waals surface area contributed by atoms with E-state index < -0.39 is 0 Å². The van der Waals surface area contributed by atoms with Crippen LogP contribution in [-0.2, 0) is 0 Å². The van der Waals surface area contributed by atoms with Gasteiger partial charge in [-0.1, -0.05) is 0 Å². The largest absolute Gasteiger partial charge is 0.497 e. The third kappa shape index (κ3) is 4.98. The van der Waals surface area contributed by atoms with E-state index in [0.717, 1.165) is 11.3 Å². The van der Waals surface area contributed by atoms with Gasteiger partial charge in [-0.25, -0.2) is 4.98 Å². The Morgan fingerprint density at radius 3 is 2.79 bits per heavy atom. The van der Waals surface area contributed by atoms with Crippen LogP contribution >= 0.6 is 0 Å². The van der Waals surface area contributed by atoms with Gasteiger partial charge in [-0.3, -0.25) is 4.79 Å². The first kappa shape index (κ1) is 20.1. The second-order valence-electron chi connectivity index (χ2n) is 6.48. The minimum Gasteiger partial charge on any atom is -0.497 e. The number of nitrogens with one attached hydrogen (secondary N) is 1. The molecule has 152 valence electrons. The molecule has 1 aliphatic rings. The van der Waals surface area contributed by atoms with Crippen LogP contribution in [0.5, 0.6) is 17.2 Å². The van der Waals surface area contributed by atoms with E-state index in [-0.39, 0.29) is 5.91 Å². The molecule has 0 bridgehead atoms. The summed E-state index contributed by atoms with van der Waals surface area (Å²) in [7, 11) is 5.00. The van der Waals surface area contributed by atoms with Crippen molar-refractivity contribution in [2.24, 2.45) is 0 Å². The maximum atomic E-state index is 12.8. The number of likely N-dealkylation sites (N-methyl/N-ethyl adjacent to an activating group) is 1. The Labute approximate surface area is 169 Å². The maximum absolute atomic E-state index is 12.8. The van der Waals surface area contributed by atoms with Crippen molar-refractivity contribution in [2.75, 3.05) is 40.2 Å². The third-order valence-electron chi connectivity index (χ3n) is 4.29. The van der Waals surface area contributed by atoms with Gasteiger partial charge in [-0.2, -0.15) is 0 Å². The SMILES string of the molecule is COc1ccc(C(=O)NC2=CC(COc3cccnc3N)=CN(C)C2)c(OC)c1. The molecule has 0 saturated heterocycles. The number of hydrogen-bond donors (Lipinski definition) is 2. The molecule has 3 rings (SSSR count). The number of benzene rings is 1. The van der Waals surface area contributed by atoms with E-state index >= 15 is 0 Å². The Kier molecular flexibility index (Phi) is 6.23. The molecule has 1 aromatic carbocycles. The molecular weight excluding hydrogens is 372 g/mol. The van der Waals surface area contributed by atoms with Gasteiger partial charge in [0.05, 0.1) is 26.3 Å². The van der Waals surface area contributed by atoms with Crippen molar-refractivity contribution in [3.63, 3.8) is 0 Å². The van der Waals surface area contributed by atoms with Gasteiger partial charge < -0.3 is 30.2 Å². The number of anilines is 1. The number of hydrogen-bond acceptors (Lipinski definition) is 7. The Balaban J connectivity index is 1.71. The predicted octanol–water partition coefficient (Wildman–Crippen LogP) is 2.20. The highest BCUT2D eigenvalue weighted by Crippen LogP contribution is 2.25. The standard InChI is InChI=1S/C21H24N4O4/c1-25-11-14(13-29-18-5-4-8-23-20(18)22)9-15(12-25)24-21(26)17-7-6-16(27-2)10-19(17)28-3/h4-11H,12-13H2,1-3H3,(H2,22,23)(H,24,26). The number of carbonyl (C=O) groups excluding carboxylic acids is 1. The van der Waals surface area contributed by atoms with Crippen molar-refractivity contribution in [3.05, 3.63) is 65.6 Å². The summed E-state index contributed by atoms with van der Waals surface area (Å²) < 4.78 is 16.2. The van der Waals surface area contributed by atoms with E-state index in [1.54, 1.807) is 43.6 Å². The van der Waals surface area contributed by atoms with Crippen LogP contribution in [0, 0.1) is 0 Å². The van der Waals surface area contributed by atoms with Gasteiger partial charge in [-0.15, -0.1) is 0 Å². The number of rotatable bonds is 7. The minimum absolute atomic E-state index is 0.261. The lowest BCUT2D eigenvalue weighted by Gasteiger charge is -2.24. The van der Waals surface area contributed by atoms with E-state index in [1.165, 1.54) is 7.11 Å². The molecule has 3 N–H and O–H groups in total. The number of aromatic nitrogens is 1. The Morgan fingerprint density at radius 1 is 1.24 bits per heavy atom. The average Bonchev–Trinajstić information content (AvgIpc) is 2.72. The predicted molar refractivity (Wildman–Crippen MR) is 110 cm³/mol. The van der Waals surface area contributed by atoms with Crippen molar-refractivity contribution < 1.29 is 19.0 Å². The highest BCUT2D eigenvalue weighted by molar-refractivity contribution is 5.98. The monoisotopic (exact) mass is 396 g/mol. The lowest BCUT2D eigenvalue weighted by Crippen LogP contribution is -2.32. The van der Waals surface area contributed by atoms with Crippen LogP contribution in [0.3, 0.4) is 0 Å². The summed E-state index contributed by atoms with van der Waals surface area (Å²) >= 11 is 0. The van der Waals surface area contributed by atoms with Crippen molar-refractivity contribution in [3.8, 4) is 17.2 Å². The fraction of sp³-hybridized carbons (Fsp3) is 0.238. The molecule has 2 aromatic rings. The van der Waals surface area contributed by atoms with E-state index in [0.29, 0.717) is 41.8 Å². The molecule has 0 atom stereocenters. The van der Waals surface area contributed by atoms with Gasteiger partial charge >= 0.3 is 0 Å². The zero-order chi connectivity index (χ0) is 20.8. The van der Waals surface area contributed by atoms with Crippen LogP contribution in [0.2, 0.25) is 0 Å². The normalized spacial score (nSPS) is 13.3. The highest BCUT2D eigenvalue weighted by Gasteiger charge is 2.17. The molecule has 8 nitrogen and oxygen atoms in total. The zero-order valence-electron chi connectivity index (χ0n) is 16.6. The first-order valence-corrected chi connectivity index (χ1v) is 8.98. The number of methoxy groups -OCH3 is 2. The van der Waals surface area contributed by atoms with Crippen LogP contribution in [0.15, 0.2) is 60.1 Å². The molecule has 1 aromatic heterocycles. The highest BCUT2D eigenvalue weighted by atomic mass is 16.5. The summed E-state index contributed by atoms with van der Waals surface area (Å²) in [6.45, 7) is 0.855. The van der Waals surface area contributed by atoms with Crippen LogP contribution in [-0.4, -0.2) is 50.2 Å². The van der Waals surface area contributed by atoms with Gasteiger partial charge in [0.2, 0.25) is 0 Å². The molecule has 2 heterocycles. The van der Waals surface area contributed by atoms with E-state index in [4.69, 9.17) is 19.9 Å². The summed E-state index contributed by atoms with van der Waals surface area (Å²) in [5, 5.41) is 2.94. The summed E-state index contributed by atoms with van der Waals surface area (Å²) in [6, 6.07) is 8.59. The Bertz CT molecular complexity index is 955. The molecule has 0 saturated carbocycles. The van der Waals surface area contributed by atoms with Crippen LogP contribution in [0.25, 0.3) is 0 Å². The Morgan fingerprint density at radius 2 is 2.07 bits per heavy atom. The number of pyridine rings is 1. The summed E-state index contributed by atoms with van der Waals surface area (Å²) in [5.74, 6) is 1.65. The lowest BCUT2D eigenvalue weighted by molar-refractivity contribution is 0.0960. The van der Waals surface area contributed by atoms with Crippen LogP contribution in [0.1, 0.15) is 10.4 Å². The first-order chi connectivity index (χ1) is 14.0. The molecule has 0 unspecified atom stereocenters. The van der Waals surface area contributed by atoms with Crippen molar-refractivity contribution in [2.45, 2.75) is 0 Å². The van der Waals surface area contributed by atoms with Crippen molar-refractivity contribution in [1.29, 1.82) is 0 Å². The summed E-state index contributed by atoms with van der Waals surface area (Å²) in [6.07, 6.45) is 5.45. The zero-order valence-corrected chi connectivity index (χ0v) is 16.6. The topological polar surface area (TPSA) is 98.9 Å². The van der Waals surface area contributed by atoms with E-state index in [9.17, 15) is 4.79 Å². The molecule has 29 heavy (non-hydrogen) atoms. The van der Waals surface area contributed by atoms with Gasteiger partial charge in [0, 0.05) is 36.8 Å². The third-order valence-corrected chi connectivity index (χ3v) is 4.29. The molecule has 0 radical (unpaired) electrons. The summed E-state index contributed by atoms with van der Waals surface area (Å²) in [4.78, 5) is 18.7. The number of nitrogens with two attached hydrogens (primary N) is 1. The van der Waals surface area contributed by atoms with Gasteiger partial charge in [0.15, 0.2) is 11.6 Å². The first-order valence-electron chi connectivity index (χ1n) is 8.98. The fourth-order valence-corrected chi connectivity index (χ4v) is 2.94. The van der Waals surface area contributed by atoms with Gasteiger partial charge in [0.1, 0.15) is 18.1 Å². The molecule has 0 spiro atoms. The second kappa shape index (κ2) is 9.01. The number of amides is 1. The minimum atomic E-state index is -0.261. The second-order valence-corrected chi connectivity index (χ2v) is 6.48. The summed E-state index contributed by atoms with van der Waals surface area (Å²) in [5.41, 5.74) is 7.87. The maximum Gasteiger partial charge on any atom is 0.259 e. The van der Waals surface area contributed by atoms with Gasteiger partial charge in [0.25, 0.3) is 5.91 Å². The van der Waals surface area contributed by atoms with E-state index in [2.05, 4.69) is 10.3 Å². The number of nitrogens with zero attached hydrogens (tertiary/aromatic N) is 2. The molecule has 0 fully saturated rings. The number of nitrogen functional groups attached to an aromatic ring is 1. The fourth-order valence-electron chi connectivity index (χ4n) is 2.94. The molecule has 0 aliphatic carbocycles. The number of carbonyl (C=O) groups is 1. The number of ether oxygens (including phenoxy) is 3. The molecule has 1 amide bonds. The molecular formula is C21H24N4O4. The van der Waals surface area contributed by atoms with Gasteiger partial charge in [-0.05, 0) is 30.3 Å². The molecule has 1 aliphatic heterocycles. The Hall–Kier alpha value is -3.68. The van der Waals surface area contributed by atoms with Crippen LogP contribution in [0.4, 0.5) is 5.82 Å². The van der Waals surface area contributed by atoms with Crippen LogP contribution < -0.4 is 25.3 Å². The lowest BCUT2D eigenvalue weighted by atomic mass is 10.1. The van der Waals surface area contributed by atoms with E-state index in [1.807, 2.05) is 24.2 Å². The van der Waals surface area contributed by atoms with Crippen molar-refractivity contribution >= 4 is 11.7 Å². The smallest absolute Gasteiger partial charge is 0.259 e.